The van der Waals surface area contributed by atoms with Crippen LogP contribution < -0.4 is 5.32 Å². The summed E-state index contributed by atoms with van der Waals surface area (Å²) in [6.07, 6.45) is 0. The number of amides is 1. The predicted octanol–water partition coefficient (Wildman–Crippen LogP) is 0.825. The Bertz CT molecular complexity index is 309. The van der Waals surface area contributed by atoms with E-state index in [1.165, 1.54) is 4.90 Å². The van der Waals surface area contributed by atoms with Crippen molar-refractivity contribution in [1.29, 1.82) is 0 Å². The summed E-state index contributed by atoms with van der Waals surface area (Å²) in [5.41, 5.74) is 0.455. The van der Waals surface area contributed by atoms with Gasteiger partial charge in [-0.3, -0.25) is 4.79 Å². The van der Waals surface area contributed by atoms with E-state index in [0.29, 0.717) is 11.5 Å². The Morgan fingerprint density at radius 1 is 1.46 bits per heavy atom. The number of rotatable bonds is 2. The van der Waals surface area contributed by atoms with Gasteiger partial charge < -0.3 is 10.2 Å². The summed E-state index contributed by atoms with van der Waals surface area (Å²) < 4.78 is 0. The second-order valence-electron chi connectivity index (χ2n) is 2.86. The van der Waals surface area contributed by atoms with Gasteiger partial charge in [0.1, 0.15) is 11.5 Å². The Hall–Kier alpha value is -1.58. The van der Waals surface area contributed by atoms with Crippen LogP contribution in [0.25, 0.3) is 0 Å². The van der Waals surface area contributed by atoms with E-state index in [4.69, 9.17) is 0 Å². The standard InChI is InChI=1S/C9H13N3O/c1-10-8-6-4-5-7(11-8)9(13)12(2)3/h4-6H,1-3H3,(H,10,11). The molecule has 0 unspecified atom stereocenters. The van der Waals surface area contributed by atoms with Gasteiger partial charge in [0.15, 0.2) is 0 Å². The molecule has 1 aromatic heterocycles. The molecule has 13 heavy (non-hydrogen) atoms. The zero-order valence-corrected chi connectivity index (χ0v) is 8.03. The van der Waals surface area contributed by atoms with Crippen molar-refractivity contribution in [2.24, 2.45) is 0 Å². The van der Waals surface area contributed by atoms with E-state index in [1.807, 2.05) is 6.07 Å². The third-order valence-electron chi connectivity index (χ3n) is 1.63. The van der Waals surface area contributed by atoms with Crippen molar-refractivity contribution in [2.45, 2.75) is 0 Å². The highest BCUT2D eigenvalue weighted by Gasteiger charge is 2.08. The van der Waals surface area contributed by atoms with Crippen molar-refractivity contribution in [3.63, 3.8) is 0 Å². The third-order valence-corrected chi connectivity index (χ3v) is 1.63. The minimum Gasteiger partial charge on any atom is -0.373 e. The maximum atomic E-state index is 11.4. The molecule has 4 heteroatoms. The summed E-state index contributed by atoms with van der Waals surface area (Å²) in [6, 6.07) is 5.31. The highest BCUT2D eigenvalue weighted by molar-refractivity contribution is 5.92. The molecule has 0 spiro atoms. The molecule has 4 nitrogen and oxygen atoms in total. The normalized spacial score (nSPS) is 9.46. The molecule has 1 heterocycles. The summed E-state index contributed by atoms with van der Waals surface area (Å²) in [5.74, 6) is 0.616. The molecule has 0 radical (unpaired) electrons. The number of anilines is 1. The van der Waals surface area contributed by atoms with Crippen LogP contribution in [0.15, 0.2) is 18.2 Å². The molecule has 0 aromatic carbocycles. The second-order valence-corrected chi connectivity index (χ2v) is 2.86. The van der Waals surface area contributed by atoms with Gasteiger partial charge in [-0.25, -0.2) is 4.98 Å². The number of hydrogen-bond donors (Lipinski definition) is 1. The maximum absolute atomic E-state index is 11.4. The van der Waals surface area contributed by atoms with E-state index in [2.05, 4.69) is 10.3 Å². The maximum Gasteiger partial charge on any atom is 0.272 e. The Balaban J connectivity index is 2.95. The quantitative estimate of drug-likeness (QED) is 0.731. The van der Waals surface area contributed by atoms with E-state index in [-0.39, 0.29) is 5.91 Å². The molecular formula is C9H13N3O. The molecule has 0 bridgehead atoms. The van der Waals surface area contributed by atoms with E-state index >= 15 is 0 Å². The third kappa shape index (κ3) is 2.18. The molecule has 0 saturated heterocycles. The van der Waals surface area contributed by atoms with Crippen LogP contribution >= 0.6 is 0 Å². The van der Waals surface area contributed by atoms with Crippen LogP contribution in [0.2, 0.25) is 0 Å². The van der Waals surface area contributed by atoms with Crippen molar-refractivity contribution >= 4 is 11.7 Å². The summed E-state index contributed by atoms with van der Waals surface area (Å²) in [6.45, 7) is 0. The molecule has 0 fully saturated rings. The average molecular weight is 179 g/mol. The Morgan fingerprint density at radius 3 is 2.69 bits per heavy atom. The average Bonchev–Trinajstić information content (AvgIpc) is 2.16. The SMILES string of the molecule is CNc1cccc(C(=O)N(C)C)n1. The first-order chi connectivity index (χ1) is 6.15. The first kappa shape index (κ1) is 9.51. The summed E-state index contributed by atoms with van der Waals surface area (Å²) in [5, 5.41) is 2.88. The summed E-state index contributed by atoms with van der Waals surface area (Å²) in [7, 11) is 5.18. The van der Waals surface area contributed by atoms with Gasteiger partial charge in [-0.2, -0.15) is 0 Å². The van der Waals surface area contributed by atoms with Crippen molar-refractivity contribution in [2.75, 3.05) is 26.5 Å². The second kappa shape index (κ2) is 3.89. The molecule has 0 aliphatic carbocycles. The molecule has 1 N–H and O–H groups in total. The van der Waals surface area contributed by atoms with Gasteiger partial charge in [-0.15, -0.1) is 0 Å². The van der Waals surface area contributed by atoms with E-state index in [0.717, 1.165) is 0 Å². The molecular weight excluding hydrogens is 166 g/mol. The number of aromatic nitrogens is 1. The number of nitrogens with zero attached hydrogens (tertiary/aromatic N) is 2. The van der Waals surface area contributed by atoms with Crippen LogP contribution in [0.3, 0.4) is 0 Å². The fourth-order valence-corrected chi connectivity index (χ4v) is 0.922. The fraction of sp³-hybridized carbons (Fsp3) is 0.333. The molecule has 0 saturated carbocycles. The molecule has 1 amide bonds. The molecule has 0 aliphatic rings. The lowest BCUT2D eigenvalue weighted by Gasteiger charge is -2.09. The number of carbonyl (C=O) groups excluding carboxylic acids is 1. The van der Waals surface area contributed by atoms with Crippen LogP contribution in [0.4, 0.5) is 5.82 Å². The van der Waals surface area contributed by atoms with Gasteiger partial charge in [-0.1, -0.05) is 6.07 Å². The Morgan fingerprint density at radius 2 is 2.15 bits per heavy atom. The number of pyridine rings is 1. The molecule has 70 valence electrons. The van der Waals surface area contributed by atoms with E-state index in [1.54, 1.807) is 33.3 Å². The van der Waals surface area contributed by atoms with Gasteiger partial charge >= 0.3 is 0 Å². The minimum atomic E-state index is -0.0860. The Kier molecular flexibility index (Phi) is 2.84. The highest BCUT2D eigenvalue weighted by Crippen LogP contribution is 2.04. The smallest absolute Gasteiger partial charge is 0.272 e. The lowest BCUT2D eigenvalue weighted by molar-refractivity contribution is 0.0822. The van der Waals surface area contributed by atoms with Crippen molar-refractivity contribution < 1.29 is 4.79 Å². The van der Waals surface area contributed by atoms with Crippen molar-refractivity contribution in [1.82, 2.24) is 9.88 Å². The van der Waals surface area contributed by atoms with E-state index in [9.17, 15) is 4.79 Å². The van der Waals surface area contributed by atoms with Crippen molar-refractivity contribution in [3.8, 4) is 0 Å². The van der Waals surface area contributed by atoms with Gasteiger partial charge in [0.25, 0.3) is 5.91 Å². The zero-order chi connectivity index (χ0) is 9.84. The molecule has 0 aliphatic heterocycles. The van der Waals surface area contributed by atoms with Crippen molar-refractivity contribution in [3.05, 3.63) is 23.9 Å². The minimum absolute atomic E-state index is 0.0860. The lowest BCUT2D eigenvalue weighted by Crippen LogP contribution is -2.22. The largest absolute Gasteiger partial charge is 0.373 e. The molecule has 0 atom stereocenters. The van der Waals surface area contributed by atoms with Crippen LogP contribution in [0.5, 0.6) is 0 Å². The lowest BCUT2D eigenvalue weighted by atomic mass is 10.3. The summed E-state index contributed by atoms with van der Waals surface area (Å²) >= 11 is 0. The number of hydrogen-bond acceptors (Lipinski definition) is 3. The van der Waals surface area contributed by atoms with Gasteiger partial charge in [0, 0.05) is 21.1 Å². The van der Waals surface area contributed by atoms with Gasteiger partial charge in [0.05, 0.1) is 0 Å². The first-order valence-electron chi connectivity index (χ1n) is 4.01. The highest BCUT2D eigenvalue weighted by atomic mass is 16.2. The number of nitrogens with one attached hydrogen (secondary N) is 1. The van der Waals surface area contributed by atoms with Gasteiger partial charge in [0.2, 0.25) is 0 Å². The first-order valence-corrected chi connectivity index (χ1v) is 4.01. The number of carbonyl (C=O) groups is 1. The molecule has 1 rings (SSSR count). The predicted molar refractivity (Wildman–Crippen MR) is 51.8 cm³/mol. The topological polar surface area (TPSA) is 45.2 Å². The van der Waals surface area contributed by atoms with Crippen LogP contribution in [0.1, 0.15) is 10.5 Å². The zero-order valence-electron chi connectivity index (χ0n) is 8.03. The molecule has 1 aromatic rings. The monoisotopic (exact) mass is 179 g/mol. The van der Waals surface area contributed by atoms with Gasteiger partial charge in [-0.05, 0) is 12.1 Å². The fourth-order valence-electron chi connectivity index (χ4n) is 0.922. The van der Waals surface area contributed by atoms with Crippen LogP contribution in [-0.2, 0) is 0 Å². The Labute approximate surface area is 77.6 Å². The van der Waals surface area contributed by atoms with Crippen LogP contribution in [0, 0.1) is 0 Å². The summed E-state index contributed by atoms with van der Waals surface area (Å²) in [4.78, 5) is 17.1. The van der Waals surface area contributed by atoms with E-state index < -0.39 is 0 Å². The van der Waals surface area contributed by atoms with Crippen LogP contribution in [-0.4, -0.2) is 36.9 Å².